The predicted octanol–water partition coefficient (Wildman–Crippen LogP) is 2.85. The van der Waals surface area contributed by atoms with Gasteiger partial charge in [-0.25, -0.2) is 0 Å². The van der Waals surface area contributed by atoms with Gasteiger partial charge in [0.1, 0.15) is 5.75 Å². The zero-order valence-electron chi connectivity index (χ0n) is 7.93. The molecule has 0 atom stereocenters. The van der Waals surface area contributed by atoms with Crippen LogP contribution in [0.4, 0.5) is 0 Å². The first-order valence-corrected chi connectivity index (χ1v) is 5.44. The van der Waals surface area contributed by atoms with Crippen LogP contribution in [0.25, 0.3) is 0 Å². The van der Waals surface area contributed by atoms with Crippen LogP contribution in [0.5, 0.6) is 5.75 Å². The number of Topliss-reactive ketones (excluding diaryl/α,β-unsaturated/α-hetero) is 1. The smallest absolute Gasteiger partial charge is 0.163 e. The van der Waals surface area contributed by atoms with E-state index in [1.54, 1.807) is 0 Å². The standard InChI is InChI=1S/C11H11BrO2/c1-6(13)9-5-7-3-2-4-8(7)10(12)11(9)14/h5,14H,2-4H2,1H3. The van der Waals surface area contributed by atoms with Crippen molar-refractivity contribution in [1.82, 2.24) is 0 Å². The maximum atomic E-state index is 11.2. The molecule has 0 fully saturated rings. The van der Waals surface area contributed by atoms with Crippen LogP contribution in [0.1, 0.15) is 34.8 Å². The number of fused-ring (bicyclic) bond motifs is 1. The highest BCUT2D eigenvalue weighted by atomic mass is 79.9. The van der Waals surface area contributed by atoms with E-state index in [9.17, 15) is 9.90 Å². The molecule has 0 spiro atoms. The lowest BCUT2D eigenvalue weighted by molar-refractivity contribution is 0.101. The number of aryl methyl sites for hydroxylation is 1. The Bertz CT molecular complexity index is 410. The van der Waals surface area contributed by atoms with Gasteiger partial charge in [-0.05, 0) is 59.3 Å². The summed E-state index contributed by atoms with van der Waals surface area (Å²) in [7, 11) is 0. The van der Waals surface area contributed by atoms with Gasteiger partial charge < -0.3 is 5.11 Å². The van der Waals surface area contributed by atoms with E-state index in [1.807, 2.05) is 6.07 Å². The summed E-state index contributed by atoms with van der Waals surface area (Å²) in [4.78, 5) is 11.2. The molecule has 0 radical (unpaired) electrons. The van der Waals surface area contributed by atoms with E-state index in [-0.39, 0.29) is 11.5 Å². The van der Waals surface area contributed by atoms with Gasteiger partial charge in [-0.15, -0.1) is 0 Å². The Kier molecular flexibility index (Phi) is 2.35. The minimum Gasteiger partial charge on any atom is -0.506 e. The summed E-state index contributed by atoms with van der Waals surface area (Å²) >= 11 is 3.35. The van der Waals surface area contributed by atoms with Gasteiger partial charge in [0, 0.05) is 0 Å². The molecule has 2 rings (SSSR count). The molecular weight excluding hydrogens is 244 g/mol. The number of hydrogen-bond acceptors (Lipinski definition) is 2. The molecule has 1 aromatic rings. The molecule has 1 aliphatic carbocycles. The number of phenolic OH excluding ortho intramolecular Hbond substituents is 1. The van der Waals surface area contributed by atoms with Gasteiger partial charge in [0.05, 0.1) is 10.0 Å². The van der Waals surface area contributed by atoms with Gasteiger partial charge in [-0.2, -0.15) is 0 Å². The van der Waals surface area contributed by atoms with Crippen LogP contribution < -0.4 is 0 Å². The predicted molar refractivity (Wildman–Crippen MR) is 57.8 cm³/mol. The van der Waals surface area contributed by atoms with Crippen molar-refractivity contribution in [1.29, 1.82) is 0 Å². The van der Waals surface area contributed by atoms with Crippen LogP contribution in [-0.2, 0) is 12.8 Å². The summed E-state index contributed by atoms with van der Waals surface area (Å²) in [5, 5.41) is 9.76. The van der Waals surface area contributed by atoms with E-state index >= 15 is 0 Å². The highest BCUT2D eigenvalue weighted by Gasteiger charge is 2.20. The van der Waals surface area contributed by atoms with Gasteiger partial charge in [-0.3, -0.25) is 4.79 Å². The number of halogens is 1. The van der Waals surface area contributed by atoms with E-state index in [4.69, 9.17) is 0 Å². The van der Waals surface area contributed by atoms with Crippen molar-refractivity contribution in [2.24, 2.45) is 0 Å². The Morgan fingerprint density at radius 2 is 2.21 bits per heavy atom. The quantitative estimate of drug-likeness (QED) is 0.783. The number of phenols is 1. The molecule has 74 valence electrons. The van der Waals surface area contributed by atoms with Gasteiger partial charge in [0.15, 0.2) is 5.78 Å². The van der Waals surface area contributed by atoms with Crippen molar-refractivity contribution < 1.29 is 9.90 Å². The second-order valence-corrected chi connectivity index (χ2v) is 4.43. The van der Waals surface area contributed by atoms with Crippen LogP contribution in [0, 0.1) is 0 Å². The Labute approximate surface area is 91.1 Å². The van der Waals surface area contributed by atoms with E-state index in [1.165, 1.54) is 12.5 Å². The number of ketones is 1. The fraction of sp³-hybridized carbons (Fsp3) is 0.364. The molecule has 0 unspecified atom stereocenters. The average Bonchev–Trinajstić information content (AvgIpc) is 2.58. The van der Waals surface area contributed by atoms with Crippen molar-refractivity contribution in [2.75, 3.05) is 0 Å². The monoisotopic (exact) mass is 254 g/mol. The lowest BCUT2D eigenvalue weighted by Crippen LogP contribution is -1.97. The topological polar surface area (TPSA) is 37.3 Å². The SMILES string of the molecule is CC(=O)c1cc2c(c(Br)c1O)CCC2. The third kappa shape index (κ3) is 1.36. The molecule has 14 heavy (non-hydrogen) atoms. The van der Waals surface area contributed by atoms with Crippen LogP contribution in [-0.4, -0.2) is 10.9 Å². The Morgan fingerprint density at radius 3 is 2.86 bits per heavy atom. The zero-order chi connectivity index (χ0) is 10.3. The first-order chi connectivity index (χ1) is 6.61. The molecule has 0 bridgehead atoms. The van der Waals surface area contributed by atoms with Crippen LogP contribution >= 0.6 is 15.9 Å². The summed E-state index contributed by atoms with van der Waals surface area (Å²) in [5.74, 6) is 0.0102. The molecule has 1 aromatic carbocycles. The molecule has 2 nitrogen and oxygen atoms in total. The minimum absolute atomic E-state index is 0.0853. The van der Waals surface area contributed by atoms with Gasteiger partial charge in [0.25, 0.3) is 0 Å². The summed E-state index contributed by atoms with van der Waals surface area (Å²) < 4.78 is 0.706. The van der Waals surface area contributed by atoms with Gasteiger partial charge in [-0.1, -0.05) is 0 Å². The molecule has 0 aliphatic heterocycles. The third-order valence-electron chi connectivity index (χ3n) is 2.69. The van der Waals surface area contributed by atoms with Crippen molar-refractivity contribution >= 4 is 21.7 Å². The first-order valence-electron chi connectivity index (χ1n) is 4.65. The maximum Gasteiger partial charge on any atom is 0.163 e. The molecular formula is C11H11BrO2. The van der Waals surface area contributed by atoms with E-state index in [2.05, 4.69) is 15.9 Å². The Balaban J connectivity index is 2.67. The Morgan fingerprint density at radius 1 is 1.50 bits per heavy atom. The van der Waals surface area contributed by atoms with Crippen molar-refractivity contribution in [3.8, 4) is 5.75 Å². The van der Waals surface area contributed by atoms with Crippen LogP contribution in [0.2, 0.25) is 0 Å². The highest BCUT2D eigenvalue weighted by Crippen LogP contribution is 2.38. The maximum absolute atomic E-state index is 11.2. The lowest BCUT2D eigenvalue weighted by Gasteiger charge is -2.08. The molecule has 0 saturated carbocycles. The molecule has 0 aromatic heterocycles. The molecule has 3 heteroatoms. The molecule has 1 aliphatic rings. The third-order valence-corrected chi connectivity index (χ3v) is 3.54. The lowest BCUT2D eigenvalue weighted by atomic mass is 10.0. The summed E-state index contributed by atoms with van der Waals surface area (Å²) in [6, 6.07) is 1.82. The molecule has 0 saturated heterocycles. The number of aromatic hydroxyl groups is 1. The van der Waals surface area contributed by atoms with Crippen molar-refractivity contribution in [3.63, 3.8) is 0 Å². The van der Waals surface area contributed by atoms with E-state index in [0.29, 0.717) is 10.0 Å². The van der Waals surface area contributed by atoms with E-state index in [0.717, 1.165) is 24.8 Å². The average molecular weight is 255 g/mol. The summed E-state index contributed by atoms with van der Waals surface area (Å²) in [6.45, 7) is 1.48. The second-order valence-electron chi connectivity index (χ2n) is 3.63. The second kappa shape index (κ2) is 3.39. The zero-order valence-corrected chi connectivity index (χ0v) is 9.52. The van der Waals surface area contributed by atoms with Crippen LogP contribution in [0.3, 0.4) is 0 Å². The summed E-state index contributed by atoms with van der Waals surface area (Å²) in [6.07, 6.45) is 3.10. The highest BCUT2D eigenvalue weighted by molar-refractivity contribution is 9.10. The number of carbonyl (C=O) groups is 1. The fourth-order valence-electron chi connectivity index (χ4n) is 1.95. The number of benzene rings is 1. The fourth-order valence-corrected chi connectivity index (χ4v) is 2.62. The first kappa shape index (κ1) is 9.71. The van der Waals surface area contributed by atoms with Gasteiger partial charge >= 0.3 is 0 Å². The number of rotatable bonds is 1. The normalized spacial score (nSPS) is 14.1. The molecule has 1 N–H and O–H groups in total. The van der Waals surface area contributed by atoms with Gasteiger partial charge in [0.2, 0.25) is 0 Å². The number of carbonyl (C=O) groups excluding carboxylic acids is 1. The van der Waals surface area contributed by atoms with Crippen molar-refractivity contribution in [2.45, 2.75) is 26.2 Å². The minimum atomic E-state index is -0.0853. The Hall–Kier alpha value is -0.830. The largest absolute Gasteiger partial charge is 0.506 e. The van der Waals surface area contributed by atoms with E-state index < -0.39 is 0 Å². The van der Waals surface area contributed by atoms with Crippen molar-refractivity contribution in [3.05, 3.63) is 27.2 Å². The number of hydrogen-bond donors (Lipinski definition) is 1. The summed E-state index contributed by atoms with van der Waals surface area (Å²) in [5.41, 5.74) is 2.78. The molecule has 0 heterocycles. The molecule has 0 amide bonds. The van der Waals surface area contributed by atoms with Crippen LogP contribution in [0.15, 0.2) is 10.5 Å².